The van der Waals surface area contributed by atoms with Crippen LogP contribution < -0.4 is 10.1 Å². The Kier molecular flexibility index (Phi) is 5.02. The SMILES string of the molecule is COc1cc(-c2ccccc2F)ccc1NC(=O)C1=C(C(=O)O)CCC1. The molecule has 0 saturated carbocycles. The number of hydrogen-bond acceptors (Lipinski definition) is 3. The molecule has 1 amide bonds. The highest BCUT2D eigenvalue weighted by Gasteiger charge is 2.25. The lowest BCUT2D eigenvalue weighted by atomic mass is 10.0. The van der Waals surface area contributed by atoms with Gasteiger partial charge in [-0.3, -0.25) is 4.79 Å². The van der Waals surface area contributed by atoms with Gasteiger partial charge in [-0.2, -0.15) is 0 Å². The molecule has 0 fully saturated rings. The van der Waals surface area contributed by atoms with Crippen LogP contribution in [0.2, 0.25) is 0 Å². The average molecular weight is 355 g/mol. The minimum atomic E-state index is -1.06. The van der Waals surface area contributed by atoms with Crippen LogP contribution in [-0.2, 0) is 9.59 Å². The summed E-state index contributed by atoms with van der Waals surface area (Å²) >= 11 is 0. The van der Waals surface area contributed by atoms with Crippen molar-refractivity contribution in [1.82, 2.24) is 0 Å². The third kappa shape index (κ3) is 3.44. The molecule has 0 bridgehead atoms. The van der Waals surface area contributed by atoms with Gasteiger partial charge in [-0.1, -0.05) is 24.3 Å². The molecule has 5 nitrogen and oxygen atoms in total. The van der Waals surface area contributed by atoms with Gasteiger partial charge in [-0.25, -0.2) is 9.18 Å². The van der Waals surface area contributed by atoms with Crippen molar-refractivity contribution < 1.29 is 23.8 Å². The van der Waals surface area contributed by atoms with Gasteiger partial charge < -0.3 is 15.2 Å². The number of benzene rings is 2. The lowest BCUT2D eigenvalue weighted by molar-refractivity contribution is -0.133. The Hall–Kier alpha value is -3.15. The van der Waals surface area contributed by atoms with E-state index in [9.17, 15) is 19.1 Å². The van der Waals surface area contributed by atoms with Crippen molar-refractivity contribution in [2.75, 3.05) is 12.4 Å². The Morgan fingerprint density at radius 3 is 2.54 bits per heavy atom. The van der Waals surface area contributed by atoms with E-state index in [0.29, 0.717) is 41.8 Å². The van der Waals surface area contributed by atoms with Crippen LogP contribution in [0.3, 0.4) is 0 Å². The van der Waals surface area contributed by atoms with Gasteiger partial charge in [0.25, 0.3) is 5.91 Å². The number of aliphatic carboxylic acids is 1. The second-order valence-electron chi connectivity index (χ2n) is 5.96. The number of halogens is 1. The number of hydrogen-bond donors (Lipinski definition) is 2. The van der Waals surface area contributed by atoms with Crippen molar-refractivity contribution in [3.63, 3.8) is 0 Å². The molecule has 0 unspecified atom stereocenters. The van der Waals surface area contributed by atoms with E-state index in [2.05, 4.69) is 5.32 Å². The third-order valence-corrected chi connectivity index (χ3v) is 4.38. The second-order valence-corrected chi connectivity index (χ2v) is 5.96. The van der Waals surface area contributed by atoms with Crippen LogP contribution in [0, 0.1) is 5.82 Å². The first-order valence-electron chi connectivity index (χ1n) is 8.21. The van der Waals surface area contributed by atoms with E-state index in [0.717, 1.165) is 0 Å². The van der Waals surface area contributed by atoms with Crippen molar-refractivity contribution in [1.29, 1.82) is 0 Å². The molecule has 0 atom stereocenters. The first kappa shape index (κ1) is 17.7. The summed E-state index contributed by atoms with van der Waals surface area (Å²) in [5, 5.41) is 11.9. The molecule has 6 heteroatoms. The molecule has 0 aliphatic heterocycles. The normalized spacial score (nSPS) is 13.6. The van der Waals surface area contributed by atoms with E-state index in [1.54, 1.807) is 36.4 Å². The van der Waals surface area contributed by atoms with Gasteiger partial charge in [0.1, 0.15) is 11.6 Å². The van der Waals surface area contributed by atoms with Crippen molar-refractivity contribution >= 4 is 17.6 Å². The fourth-order valence-electron chi connectivity index (χ4n) is 3.09. The van der Waals surface area contributed by atoms with Crippen LogP contribution in [0.4, 0.5) is 10.1 Å². The second kappa shape index (κ2) is 7.39. The predicted octanol–water partition coefficient (Wildman–Crippen LogP) is 4.00. The highest BCUT2D eigenvalue weighted by molar-refractivity contribution is 6.09. The van der Waals surface area contributed by atoms with Gasteiger partial charge in [-0.05, 0) is 43.0 Å². The minimum absolute atomic E-state index is 0.157. The van der Waals surface area contributed by atoms with Gasteiger partial charge in [0.2, 0.25) is 0 Å². The van der Waals surface area contributed by atoms with Crippen molar-refractivity contribution in [3.05, 3.63) is 59.4 Å². The molecule has 1 aliphatic carbocycles. The van der Waals surface area contributed by atoms with Crippen molar-refractivity contribution in [2.45, 2.75) is 19.3 Å². The number of rotatable bonds is 5. The molecular formula is C20H18FNO4. The maximum absolute atomic E-state index is 14.0. The van der Waals surface area contributed by atoms with Gasteiger partial charge in [0.15, 0.2) is 0 Å². The molecule has 26 heavy (non-hydrogen) atoms. The Balaban J connectivity index is 1.90. The molecule has 134 valence electrons. The topological polar surface area (TPSA) is 75.6 Å². The smallest absolute Gasteiger partial charge is 0.332 e. The highest BCUT2D eigenvalue weighted by Crippen LogP contribution is 2.33. The number of carbonyl (C=O) groups is 2. The summed E-state index contributed by atoms with van der Waals surface area (Å²) in [6, 6.07) is 11.3. The summed E-state index contributed by atoms with van der Waals surface area (Å²) in [6.45, 7) is 0. The van der Waals surface area contributed by atoms with Gasteiger partial charge in [0.05, 0.1) is 12.8 Å². The van der Waals surface area contributed by atoms with Crippen LogP contribution in [0.15, 0.2) is 53.6 Å². The molecule has 3 rings (SSSR count). The number of carboxylic acids is 1. The largest absolute Gasteiger partial charge is 0.495 e. The monoisotopic (exact) mass is 355 g/mol. The molecule has 0 heterocycles. The zero-order valence-electron chi connectivity index (χ0n) is 14.2. The Labute approximate surface area is 150 Å². The van der Waals surface area contributed by atoms with Crippen molar-refractivity contribution in [3.8, 4) is 16.9 Å². The minimum Gasteiger partial charge on any atom is -0.495 e. The highest BCUT2D eigenvalue weighted by atomic mass is 19.1. The number of carboxylic acid groups (broad SMARTS) is 1. The van der Waals surface area contributed by atoms with Crippen LogP contribution in [-0.4, -0.2) is 24.1 Å². The molecule has 2 aromatic carbocycles. The van der Waals surface area contributed by atoms with E-state index < -0.39 is 11.9 Å². The van der Waals surface area contributed by atoms with Gasteiger partial charge in [0, 0.05) is 16.7 Å². The maximum atomic E-state index is 14.0. The van der Waals surface area contributed by atoms with E-state index in [1.165, 1.54) is 13.2 Å². The van der Waals surface area contributed by atoms with Crippen LogP contribution in [0.5, 0.6) is 5.75 Å². The zero-order chi connectivity index (χ0) is 18.7. The Morgan fingerprint density at radius 2 is 1.85 bits per heavy atom. The standard InChI is InChI=1S/C20H18FNO4/c1-26-18-11-12(13-5-2-3-8-16(13)21)9-10-17(18)22-19(23)14-6-4-7-15(14)20(24)25/h2-3,5,8-11H,4,6-7H2,1H3,(H,22,23)(H,24,25). The first-order valence-corrected chi connectivity index (χ1v) is 8.21. The number of ether oxygens (including phenoxy) is 1. The Morgan fingerprint density at radius 1 is 1.12 bits per heavy atom. The third-order valence-electron chi connectivity index (χ3n) is 4.38. The summed E-state index contributed by atoms with van der Waals surface area (Å²) in [5.41, 5.74) is 1.89. The number of amides is 1. The molecule has 0 radical (unpaired) electrons. The van der Waals surface area contributed by atoms with E-state index in [-0.39, 0.29) is 17.0 Å². The molecule has 1 aliphatic rings. The number of nitrogens with one attached hydrogen (secondary N) is 1. The molecular weight excluding hydrogens is 337 g/mol. The molecule has 2 aromatic rings. The number of anilines is 1. The lowest BCUT2D eigenvalue weighted by Gasteiger charge is -2.13. The first-order chi connectivity index (χ1) is 12.5. The molecule has 0 aromatic heterocycles. The lowest BCUT2D eigenvalue weighted by Crippen LogP contribution is -2.16. The summed E-state index contributed by atoms with van der Waals surface area (Å²) in [6.07, 6.45) is 1.47. The van der Waals surface area contributed by atoms with Crippen molar-refractivity contribution in [2.24, 2.45) is 0 Å². The summed E-state index contributed by atoms with van der Waals surface area (Å²) in [4.78, 5) is 23.7. The number of carbonyl (C=O) groups excluding carboxylic acids is 1. The molecule has 2 N–H and O–H groups in total. The molecule has 0 saturated heterocycles. The summed E-state index contributed by atoms with van der Waals surface area (Å²) < 4.78 is 19.3. The quantitative estimate of drug-likeness (QED) is 0.850. The van der Waals surface area contributed by atoms with E-state index in [4.69, 9.17) is 4.74 Å². The van der Waals surface area contributed by atoms with Crippen LogP contribution in [0.25, 0.3) is 11.1 Å². The predicted molar refractivity (Wildman–Crippen MR) is 95.5 cm³/mol. The van der Waals surface area contributed by atoms with Crippen LogP contribution >= 0.6 is 0 Å². The van der Waals surface area contributed by atoms with E-state index >= 15 is 0 Å². The summed E-state index contributed by atoms with van der Waals surface area (Å²) in [7, 11) is 1.45. The van der Waals surface area contributed by atoms with E-state index in [1.807, 2.05) is 0 Å². The average Bonchev–Trinajstić information content (AvgIpc) is 3.13. The van der Waals surface area contributed by atoms with Gasteiger partial charge in [-0.15, -0.1) is 0 Å². The molecule has 0 spiro atoms. The fourth-order valence-corrected chi connectivity index (χ4v) is 3.09. The maximum Gasteiger partial charge on any atom is 0.332 e. The Bertz CT molecular complexity index is 904. The zero-order valence-corrected chi connectivity index (χ0v) is 14.2. The van der Waals surface area contributed by atoms with Gasteiger partial charge >= 0.3 is 5.97 Å². The summed E-state index contributed by atoms with van der Waals surface area (Å²) in [5.74, 6) is -1.49. The van der Waals surface area contributed by atoms with Crippen LogP contribution in [0.1, 0.15) is 19.3 Å². The fraction of sp³-hybridized carbons (Fsp3) is 0.200. The number of methoxy groups -OCH3 is 1.